The number of thioether (sulfide) groups is 1. The van der Waals surface area contributed by atoms with Gasteiger partial charge in [0.05, 0.1) is 31.1 Å². The lowest BCUT2D eigenvalue weighted by Gasteiger charge is -2.25. The van der Waals surface area contributed by atoms with E-state index in [-0.39, 0.29) is 49.9 Å². The van der Waals surface area contributed by atoms with Crippen molar-refractivity contribution in [3.63, 3.8) is 0 Å². The van der Waals surface area contributed by atoms with Crippen LogP contribution in [-0.4, -0.2) is 66.5 Å². The number of benzene rings is 2. The van der Waals surface area contributed by atoms with Gasteiger partial charge in [-0.05, 0) is 76.1 Å². The van der Waals surface area contributed by atoms with Gasteiger partial charge in [0, 0.05) is 28.4 Å². The number of anilines is 1. The van der Waals surface area contributed by atoms with Gasteiger partial charge in [-0.25, -0.2) is 14.6 Å². The number of nitrogens with zero attached hydrogens (tertiary/aromatic N) is 1. The van der Waals surface area contributed by atoms with E-state index in [1.54, 1.807) is 64.1 Å². The van der Waals surface area contributed by atoms with E-state index < -0.39 is 35.9 Å². The average Bonchev–Trinajstić information content (AvgIpc) is 3.02. The molecule has 0 aliphatic carbocycles. The van der Waals surface area contributed by atoms with Crippen LogP contribution in [0.1, 0.15) is 62.5 Å². The van der Waals surface area contributed by atoms with Gasteiger partial charge in [0.15, 0.2) is 5.17 Å². The number of aliphatic imine (C=N–C) groups is 1. The summed E-state index contributed by atoms with van der Waals surface area (Å²) < 4.78 is 15.2. The summed E-state index contributed by atoms with van der Waals surface area (Å²) in [7, 11) is 0. The number of ether oxygens (including phenoxy) is 3. The number of hydrogen-bond donors (Lipinski definition) is 3. The number of carbonyl (C=O) groups excluding carboxylic acids is 5. The van der Waals surface area contributed by atoms with E-state index in [4.69, 9.17) is 25.8 Å². The zero-order chi connectivity index (χ0) is 33.6. The molecule has 46 heavy (non-hydrogen) atoms. The molecular formula is C32H37ClN4O8S. The maximum atomic E-state index is 12.8. The van der Waals surface area contributed by atoms with Crippen molar-refractivity contribution in [2.45, 2.75) is 52.6 Å². The van der Waals surface area contributed by atoms with Crippen molar-refractivity contribution >= 4 is 63.9 Å². The lowest BCUT2D eigenvalue weighted by Crippen LogP contribution is -2.42. The highest BCUT2D eigenvalue weighted by molar-refractivity contribution is 8.14. The first kappa shape index (κ1) is 36.1. The van der Waals surface area contributed by atoms with Gasteiger partial charge in [0.25, 0.3) is 5.91 Å². The van der Waals surface area contributed by atoms with Crippen molar-refractivity contribution < 1.29 is 38.2 Å². The van der Waals surface area contributed by atoms with E-state index >= 15 is 0 Å². The molecule has 2 aromatic rings. The molecule has 0 bridgehead atoms. The molecule has 2 aromatic carbocycles. The summed E-state index contributed by atoms with van der Waals surface area (Å²) in [6, 6.07) is 11.4. The molecule has 2 amide bonds. The molecule has 12 nitrogen and oxygen atoms in total. The maximum Gasteiger partial charge on any atom is 0.338 e. The molecule has 0 fully saturated rings. The van der Waals surface area contributed by atoms with Crippen molar-refractivity contribution in [2.24, 2.45) is 4.99 Å². The van der Waals surface area contributed by atoms with Crippen LogP contribution in [0.4, 0.5) is 5.69 Å². The van der Waals surface area contributed by atoms with E-state index in [1.807, 2.05) is 0 Å². The van der Waals surface area contributed by atoms with Gasteiger partial charge in [-0.1, -0.05) is 35.5 Å². The fourth-order valence-corrected chi connectivity index (χ4v) is 5.22. The summed E-state index contributed by atoms with van der Waals surface area (Å²) in [4.78, 5) is 67.1. The number of carbonyl (C=O) groups is 5. The molecule has 0 spiro atoms. The van der Waals surface area contributed by atoms with Crippen molar-refractivity contribution in [1.29, 1.82) is 0 Å². The van der Waals surface area contributed by atoms with Crippen LogP contribution in [0.25, 0.3) is 0 Å². The first-order valence-electron chi connectivity index (χ1n) is 14.7. The highest BCUT2D eigenvalue weighted by Gasteiger charge is 2.30. The molecule has 0 radical (unpaired) electrons. The van der Waals surface area contributed by atoms with Crippen molar-refractivity contribution in [2.75, 3.05) is 30.9 Å². The predicted octanol–water partition coefficient (Wildman–Crippen LogP) is 4.55. The Labute approximate surface area is 276 Å². The predicted molar refractivity (Wildman–Crippen MR) is 175 cm³/mol. The molecule has 1 heterocycles. The fourth-order valence-electron chi connectivity index (χ4n) is 4.34. The van der Waals surface area contributed by atoms with E-state index in [0.717, 1.165) is 17.3 Å². The highest BCUT2D eigenvalue weighted by Crippen LogP contribution is 2.33. The van der Waals surface area contributed by atoms with Gasteiger partial charge in [0.2, 0.25) is 5.91 Å². The Balaban J connectivity index is 1.61. The third-order valence-corrected chi connectivity index (χ3v) is 7.63. The second-order valence-electron chi connectivity index (χ2n) is 9.81. The molecule has 2 atom stereocenters. The molecule has 1 aliphatic rings. The standard InChI is InChI=1S/C32H37ClN4O8S/c1-5-43-26(39)17-16-24(30(41)44-6-2)36-29(40)21-10-14-23(15-11-21)35-25(38)18-46-32-34-19(4)27(31(42)45-7-3)28(37-32)20-8-12-22(33)13-9-20/h8-15,24,28H,5-7,16-18H2,1-4H3,(H,34,37)(H,35,38)(H,36,40)/t24-,28-/m1/s1. The van der Waals surface area contributed by atoms with Crippen LogP contribution in [-0.2, 0) is 33.4 Å². The topological polar surface area (TPSA) is 161 Å². The van der Waals surface area contributed by atoms with Gasteiger partial charge in [-0.15, -0.1) is 0 Å². The molecule has 3 rings (SSSR count). The maximum absolute atomic E-state index is 12.8. The Morgan fingerprint density at radius 1 is 0.935 bits per heavy atom. The summed E-state index contributed by atoms with van der Waals surface area (Å²) in [6.45, 7) is 7.34. The van der Waals surface area contributed by atoms with Crippen LogP contribution >= 0.6 is 23.4 Å². The van der Waals surface area contributed by atoms with E-state index in [9.17, 15) is 24.0 Å². The number of nitrogens with one attached hydrogen (secondary N) is 3. The summed E-state index contributed by atoms with van der Waals surface area (Å²) in [5.74, 6) is -2.48. The Morgan fingerprint density at radius 3 is 2.22 bits per heavy atom. The minimum Gasteiger partial charge on any atom is -0.466 e. The molecule has 0 unspecified atom stereocenters. The second kappa shape index (κ2) is 18.0. The van der Waals surface area contributed by atoms with Gasteiger partial charge in [0.1, 0.15) is 12.1 Å². The molecule has 3 N–H and O–H groups in total. The molecule has 246 valence electrons. The number of amides is 2. The molecule has 0 saturated carbocycles. The lowest BCUT2D eigenvalue weighted by molar-refractivity contribution is -0.147. The third kappa shape index (κ3) is 10.6. The Bertz CT molecular complexity index is 1480. The molecular weight excluding hydrogens is 636 g/mol. The first-order chi connectivity index (χ1) is 22.1. The lowest BCUT2D eigenvalue weighted by atomic mass is 9.97. The van der Waals surface area contributed by atoms with Crippen LogP contribution < -0.4 is 16.0 Å². The average molecular weight is 673 g/mol. The van der Waals surface area contributed by atoms with Crippen LogP contribution in [0.2, 0.25) is 5.02 Å². The monoisotopic (exact) mass is 672 g/mol. The second-order valence-corrected chi connectivity index (χ2v) is 11.2. The minimum atomic E-state index is -1.03. The number of hydrogen-bond acceptors (Lipinski definition) is 11. The number of esters is 3. The quantitative estimate of drug-likeness (QED) is 0.192. The Kier molecular flexibility index (Phi) is 14.1. The number of rotatable bonds is 14. The van der Waals surface area contributed by atoms with E-state index in [1.165, 1.54) is 12.1 Å². The zero-order valence-corrected chi connectivity index (χ0v) is 27.6. The van der Waals surface area contributed by atoms with E-state index in [2.05, 4.69) is 20.9 Å². The molecule has 14 heteroatoms. The van der Waals surface area contributed by atoms with Gasteiger partial charge < -0.3 is 30.2 Å². The Hall–Kier alpha value is -4.36. The largest absolute Gasteiger partial charge is 0.466 e. The van der Waals surface area contributed by atoms with Gasteiger partial charge in [-0.2, -0.15) is 0 Å². The van der Waals surface area contributed by atoms with Crippen LogP contribution in [0.15, 0.2) is 64.8 Å². The SMILES string of the molecule is CCOC(=O)CC[C@@H](NC(=O)c1ccc(NC(=O)CSC2=N[C@H](c3ccc(Cl)cc3)C(C(=O)OCC)=C(C)N2)cc1)C(=O)OCC. The van der Waals surface area contributed by atoms with Crippen LogP contribution in [0, 0.1) is 0 Å². The van der Waals surface area contributed by atoms with Crippen LogP contribution in [0.3, 0.4) is 0 Å². The minimum absolute atomic E-state index is 0.00507. The van der Waals surface area contributed by atoms with Crippen molar-refractivity contribution in [3.05, 3.63) is 76.0 Å². The summed E-state index contributed by atoms with van der Waals surface area (Å²) in [5, 5.41) is 9.46. The number of allylic oxidation sites excluding steroid dienone is 1. The van der Waals surface area contributed by atoms with Crippen LogP contribution in [0.5, 0.6) is 0 Å². The molecule has 0 saturated heterocycles. The number of halogens is 1. The van der Waals surface area contributed by atoms with Crippen molar-refractivity contribution in [1.82, 2.24) is 10.6 Å². The van der Waals surface area contributed by atoms with E-state index in [0.29, 0.717) is 27.1 Å². The summed E-state index contributed by atoms with van der Waals surface area (Å²) >= 11 is 7.21. The molecule has 0 aromatic heterocycles. The van der Waals surface area contributed by atoms with Gasteiger partial charge >= 0.3 is 17.9 Å². The Morgan fingerprint density at radius 2 is 1.59 bits per heavy atom. The summed E-state index contributed by atoms with van der Waals surface area (Å²) in [6.07, 6.45) is -0.0397. The molecule has 1 aliphatic heterocycles. The fraction of sp³-hybridized carbons (Fsp3) is 0.375. The zero-order valence-electron chi connectivity index (χ0n) is 26.0. The normalized spacial score (nSPS) is 14.7. The first-order valence-corrected chi connectivity index (χ1v) is 16.1. The summed E-state index contributed by atoms with van der Waals surface area (Å²) in [5.41, 5.74) is 2.37. The van der Waals surface area contributed by atoms with Crippen molar-refractivity contribution in [3.8, 4) is 0 Å². The third-order valence-electron chi connectivity index (χ3n) is 6.49. The number of amidine groups is 1. The highest BCUT2D eigenvalue weighted by atomic mass is 35.5. The van der Waals surface area contributed by atoms with Gasteiger partial charge in [-0.3, -0.25) is 14.4 Å². The smallest absolute Gasteiger partial charge is 0.338 e.